The number of benzene rings is 1. The highest BCUT2D eigenvalue weighted by Gasteiger charge is 2.71. The number of ether oxygens (including phenoxy) is 1. The second-order valence-corrected chi connectivity index (χ2v) is 6.55. The van der Waals surface area contributed by atoms with E-state index in [-0.39, 0.29) is 5.91 Å². The van der Waals surface area contributed by atoms with Crippen LogP contribution in [0.5, 0.6) is 0 Å². The summed E-state index contributed by atoms with van der Waals surface area (Å²) in [6.45, 7) is 2.66. The quantitative estimate of drug-likeness (QED) is 0.858. The molecule has 114 valence electrons. The fraction of sp³-hybridized carbons (Fsp3) is 0.412. The van der Waals surface area contributed by atoms with E-state index in [4.69, 9.17) is 4.74 Å². The van der Waals surface area contributed by atoms with Crippen molar-refractivity contribution in [3.8, 4) is 0 Å². The van der Waals surface area contributed by atoms with Gasteiger partial charge in [-0.2, -0.15) is 0 Å². The summed E-state index contributed by atoms with van der Waals surface area (Å²) >= 11 is 0. The summed E-state index contributed by atoms with van der Waals surface area (Å²) in [5, 5.41) is 9.55. The molecule has 0 aromatic heterocycles. The zero-order valence-corrected chi connectivity index (χ0v) is 12.2. The molecule has 2 bridgehead atoms. The van der Waals surface area contributed by atoms with Crippen LogP contribution in [0.1, 0.15) is 12.5 Å². The first-order valence-electron chi connectivity index (χ1n) is 7.41. The summed E-state index contributed by atoms with van der Waals surface area (Å²) in [6.07, 6.45) is 3.70. The Balaban J connectivity index is 1.66. The monoisotopic (exact) mass is 299 g/mol. The maximum atomic E-state index is 12.8. The topological polar surface area (TPSA) is 66.8 Å². The van der Waals surface area contributed by atoms with E-state index in [0.29, 0.717) is 13.1 Å². The van der Waals surface area contributed by atoms with Gasteiger partial charge in [-0.15, -0.1) is 0 Å². The lowest BCUT2D eigenvalue weighted by atomic mass is 9.72. The molecule has 1 aromatic rings. The number of carbonyl (C=O) groups excluding carboxylic acids is 1. The van der Waals surface area contributed by atoms with Crippen molar-refractivity contribution in [2.45, 2.75) is 24.7 Å². The molecule has 1 spiro atoms. The van der Waals surface area contributed by atoms with Gasteiger partial charge in [-0.05, 0) is 12.5 Å². The van der Waals surface area contributed by atoms with E-state index in [0.717, 1.165) is 5.56 Å². The normalized spacial score (nSPS) is 38.6. The molecular formula is C17H17NO4. The third-order valence-electron chi connectivity index (χ3n) is 5.08. The van der Waals surface area contributed by atoms with Crippen molar-refractivity contribution in [1.29, 1.82) is 0 Å². The molecule has 4 atom stereocenters. The average molecular weight is 299 g/mol. The molecule has 3 aliphatic heterocycles. The molecule has 22 heavy (non-hydrogen) atoms. The van der Waals surface area contributed by atoms with E-state index in [2.05, 4.69) is 0 Å². The Bertz CT molecular complexity index is 685. The van der Waals surface area contributed by atoms with Gasteiger partial charge in [0, 0.05) is 6.54 Å². The standard InChI is InChI=1S/C17H17NO4/c1-16-7-8-17(22-16)10-18(9-11-5-3-2-4-6-11)14(19)12(17)13(16)15(20)21/h2-8,12-13H,9-10H2,1H3,(H,20,21)/t12-,13+,16+,17-/m0/s1. The summed E-state index contributed by atoms with van der Waals surface area (Å²) in [5.74, 6) is -2.52. The van der Waals surface area contributed by atoms with Crippen LogP contribution in [0.4, 0.5) is 0 Å². The molecule has 5 nitrogen and oxygen atoms in total. The SMILES string of the molecule is C[C@@]12C=C[C@@]3(CN(Cc4ccccc4)C(=O)[C@@H]3[C@@H]1C(=O)O)O2. The lowest BCUT2D eigenvalue weighted by Gasteiger charge is -2.27. The molecule has 1 amide bonds. The van der Waals surface area contributed by atoms with E-state index in [1.165, 1.54) is 0 Å². The van der Waals surface area contributed by atoms with E-state index < -0.39 is 29.0 Å². The smallest absolute Gasteiger partial charge is 0.310 e. The number of hydrogen-bond donors (Lipinski definition) is 1. The summed E-state index contributed by atoms with van der Waals surface area (Å²) in [7, 11) is 0. The molecule has 1 N–H and O–H groups in total. The first-order chi connectivity index (χ1) is 10.5. The Hall–Kier alpha value is -2.14. The Morgan fingerprint density at radius 3 is 2.77 bits per heavy atom. The van der Waals surface area contributed by atoms with Crippen LogP contribution in [0.3, 0.4) is 0 Å². The van der Waals surface area contributed by atoms with Crippen LogP contribution >= 0.6 is 0 Å². The van der Waals surface area contributed by atoms with Gasteiger partial charge < -0.3 is 14.7 Å². The number of carboxylic acids is 1. The third-order valence-corrected chi connectivity index (χ3v) is 5.08. The zero-order valence-electron chi connectivity index (χ0n) is 12.2. The molecule has 4 rings (SSSR count). The van der Waals surface area contributed by atoms with Crippen LogP contribution in [0.15, 0.2) is 42.5 Å². The fourth-order valence-electron chi connectivity index (χ4n) is 4.16. The predicted octanol–water partition coefficient (Wildman–Crippen LogP) is 1.44. The van der Waals surface area contributed by atoms with Gasteiger partial charge in [0.05, 0.1) is 18.1 Å². The summed E-state index contributed by atoms with van der Waals surface area (Å²) in [4.78, 5) is 26.2. The van der Waals surface area contributed by atoms with Gasteiger partial charge in [0.1, 0.15) is 11.5 Å². The van der Waals surface area contributed by atoms with Gasteiger partial charge in [0.2, 0.25) is 5.91 Å². The Kier molecular flexibility index (Phi) is 2.58. The van der Waals surface area contributed by atoms with Gasteiger partial charge in [-0.3, -0.25) is 9.59 Å². The van der Waals surface area contributed by atoms with Crippen LogP contribution in [-0.2, 0) is 20.9 Å². The Morgan fingerprint density at radius 1 is 1.36 bits per heavy atom. The second kappa shape index (κ2) is 4.20. The van der Waals surface area contributed by atoms with Crippen LogP contribution in [0, 0.1) is 11.8 Å². The number of fused-ring (bicyclic) bond motifs is 1. The maximum absolute atomic E-state index is 12.8. The molecule has 5 heteroatoms. The molecule has 2 fully saturated rings. The molecular weight excluding hydrogens is 282 g/mol. The van der Waals surface area contributed by atoms with Crippen molar-refractivity contribution >= 4 is 11.9 Å². The highest BCUT2D eigenvalue weighted by atomic mass is 16.5. The number of carbonyl (C=O) groups is 2. The van der Waals surface area contributed by atoms with E-state index in [1.807, 2.05) is 42.5 Å². The predicted molar refractivity (Wildman–Crippen MR) is 77.8 cm³/mol. The Morgan fingerprint density at radius 2 is 2.09 bits per heavy atom. The largest absolute Gasteiger partial charge is 0.481 e. The van der Waals surface area contributed by atoms with Crippen LogP contribution < -0.4 is 0 Å². The Labute approximate surface area is 128 Å². The average Bonchev–Trinajstić information content (AvgIpc) is 3.03. The number of nitrogens with zero attached hydrogens (tertiary/aromatic N) is 1. The zero-order chi connectivity index (χ0) is 15.5. The van der Waals surface area contributed by atoms with E-state index in [1.54, 1.807) is 11.8 Å². The lowest BCUT2D eigenvalue weighted by molar-refractivity contribution is -0.151. The van der Waals surface area contributed by atoms with Gasteiger partial charge in [-0.25, -0.2) is 0 Å². The van der Waals surface area contributed by atoms with Crippen molar-refractivity contribution in [1.82, 2.24) is 4.90 Å². The van der Waals surface area contributed by atoms with Gasteiger partial charge in [0.25, 0.3) is 0 Å². The number of amides is 1. The molecule has 0 radical (unpaired) electrons. The van der Waals surface area contributed by atoms with Crippen molar-refractivity contribution < 1.29 is 19.4 Å². The van der Waals surface area contributed by atoms with Crippen LogP contribution in [-0.4, -0.2) is 39.6 Å². The minimum absolute atomic E-state index is 0.121. The first kappa shape index (κ1) is 13.5. The molecule has 3 heterocycles. The maximum Gasteiger partial charge on any atom is 0.310 e. The number of carboxylic acid groups (broad SMARTS) is 1. The van der Waals surface area contributed by atoms with E-state index >= 15 is 0 Å². The number of likely N-dealkylation sites (tertiary alicyclic amines) is 1. The number of aliphatic carboxylic acids is 1. The van der Waals surface area contributed by atoms with Crippen molar-refractivity contribution in [2.24, 2.45) is 11.8 Å². The minimum atomic E-state index is -0.964. The first-order valence-corrected chi connectivity index (χ1v) is 7.41. The third kappa shape index (κ3) is 1.63. The van der Waals surface area contributed by atoms with Crippen molar-refractivity contribution in [3.63, 3.8) is 0 Å². The molecule has 3 aliphatic rings. The summed E-state index contributed by atoms with van der Waals surface area (Å²) in [6, 6.07) is 9.71. The van der Waals surface area contributed by atoms with Crippen molar-refractivity contribution in [3.05, 3.63) is 48.0 Å². The highest BCUT2D eigenvalue weighted by molar-refractivity contribution is 5.91. The van der Waals surface area contributed by atoms with Crippen LogP contribution in [0.25, 0.3) is 0 Å². The number of hydrogen-bond acceptors (Lipinski definition) is 3. The van der Waals surface area contributed by atoms with Crippen LogP contribution in [0.2, 0.25) is 0 Å². The van der Waals surface area contributed by atoms with Crippen molar-refractivity contribution in [2.75, 3.05) is 6.54 Å². The fourth-order valence-corrected chi connectivity index (χ4v) is 4.16. The van der Waals surface area contributed by atoms with Gasteiger partial charge in [-0.1, -0.05) is 42.5 Å². The summed E-state index contributed by atoms with van der Waals surface area (Å²) in [5.41, 5.74) is -0.613. The second-order valence-electron chi connectivity index (χ2n) is 6.55. The molecule has 0 saturated carbocycles. The molecule has 0 unspecified atom stereocenters. The van der Waals surface area contributed by atoms with Gasteiger partial charge >= 0.3 is 5.97 Å². The lowest BCUT2D eigenvalue weighted by Crippen LogP contribution is -2.43. The summed E-state index contributed by atoms with van der Waals surface area (Å²) < 4.78 is 6.03. The van der Waals surface area contributed by atoms with Gasteiger partial charge in [0.15, 0.2) is 0 Å². The minimum Gasteiger partial charge on any atom is -0.481 e. The highest BCUT2D eigenvalue weighted by Crippen LogP contribution is 2.57. The molecule has 0 aliphatic carbocycles. The number of rotatable bonds is 3. The molecule has 2 saturated heterocycles. The van der Waals surface area contributed by atoms with E-state index in [9.17, 15) is 14.7 Å². The molecule has 1 aromatic carbocycles.